The molecule has 2 heterocycles. The van der Waals surface area contributed by atoms with E-state index >= 15 is 0 Å². The first-order valence-electron chi connectivity index (χ1n) is 10.7. The van der Waals surface area contributed by atoms with Crippen LogP contribution in [0.2, 0.25) is 0 Å². The fourth-order valence-electron chi connectivity index (χ4n) is 4.63. The third kappa shape index (κ3) is 5.10. The standard InChI is InChI=1S/C23H34N2O4/c1-22(2,3)29-21(28)24-13-10-19(17-24)25-14-12-23(11-7-15-26,16-20(25)27)18-8-5-4-6-9-18/h4-6,8-9,19,26H,7,10-17H2,1-3H3/t19?,23-/m0/s1. The van der Waals surface area contributed by atoms with Gasteiger partial charge in [0.05, 0.1) is 6.04 Å². The van der Waals surface area contributed by atoms with Gasteiger partial charge in [0.2, 0.25) is 5.91 Å². The number of carbonyl (C=O) groups is 2. The highest BCUT2D eigenvalue weighted by Crippen LogP contribution is 2.41. The highest BCUT2D eigenvalue weighted by atomic mass is 16.6. The van der Waals surface area contributed by atoms with Gasteiger partial charge in [0.15, 0.2) is 0 Å². The molecular formula is C23H34N2O4. The third-order valence-corrected chi connectivity index (χ3v) is 6.10. The van der Waals surface area contributed by atoms with Gasteiger partial charge < -0.3 is 19.6 Å². The second-order valence-electron chi connectivity index (χ2n) is 9.36. The van der Waals surface area contributed by atoms with Crippen molar-refractivity contribution in [1.29, 1.82) is 0 Å². The van der Waals surface area contributed by atoms with Crippen molar-refractivity contribution < 1.29 is 19.4 Å². The van der Waals surface area contributed by atoms with E-state index in [1.165, 1.54) is 5.56 Å². The molecule has 2 aliphatic heterocycles. The van der Waals surface area contributed by atoms with Crippen molar-refractivity contribution in [3.05, 3.63) is 35.9 Å². The summed E-state index contributed by atoms with van der Waals surface area (Å²) in [4.78, 5) is 29.2. The topological polar surface area (TPSA) is 70.1 Å². The van der Waals surface area contributed by atoms with Crippen LogP contribution >= 0.6 is 0 Å². The first kappa shape index (κ1) is 21.6. The maximum atomic E-state index is 13.2. The van der Waals surface area contributed by atoms with Crippen molar-refractivity contribution in [2.45, 2.75) is 69.9 Å². The number of benzene rings is 1. The van der Waals surface area contributed by atoms with Crippen LogP contribution in [0.1, 0.15) is 58.4 Å². The number of ether oxygens (including phenoxy) is 1. The van der Waals surface area contributed by atoms with Gasteiger partial charge in [-0.2, -0.15) is 0 Å². The summed E-state index contributed by atoms with van der Waals surface area (Å²) in [6.07, 6.45) is 3.33. The van der Waals surface area contributed by atoms with Gasteiger partial charge in [0.25, 0.3) is 0 Å². The molecule has 0 radical (unpaired) electrons. The van der Waals surface area contributed by atoms with Gasteiger partial charge in [0, 0.05) is 38.1 Å². The molecule has 0 aliphatic carbocycles. The molecule has 1 unspecified atom stereocenters. The highest BCUT2D eigenvalue weighted by molar-refractivity contribution is 5.79. The number of aliphatic hydroxyl groups is 1. The molecule has 29 heavy (non-hydrogen) atoms. The van der Waals surface area contributed by atoms with Crippen molar-refractivity contribution in [3.63, 3.8) is 0 Å². The Morgan fingerprint density at radius 3 is 2.59 bits per heavy atom. The lowest BCUT2D eigenvalue weighted by Gasteiger charge is -2.44. The van der Waals surface area contributed by atoms with Crippen LogP contribution < -0.4 is 0 Å². The van der Waals surface area contributed by atoms with Crippen molar-refractivity contribution in [2.75, 3.05) is 26.2 Å². The predicted octanol–water partition coefficient (Wildman–Crippen LogP) is 3.33. The van der Waals surface area contributed by atoms with Gasteiger partial charge >= 0.3 is 6.09 Å². The van der Waals surface area contributed by atoms with E-state index in [0.717, 1.165) is 19.3 Å². The number of hydrogen-bond acceptors (Lipinski definition) is 4. The molecule has 3 rings (SSSR count). The van der Waals surface area contributed by atoms with Gasteiger partial charge in [-0.15, -0.1) is 0 Å². The average molecular weight is 403 g/mol. The second kappa shape index (κ2) is 8.74. The van der Waals surface area contributed by atoms with E-state index in [1.807, 2.05) is 43.9 Å². The summed E-state index contributed by atoms with van der Waals surface area (Å²) in [7, 11) is 0. The van der Waals surface area contributed by atoms with E-state index in [2.05, 4.69) is 12.1 Å². The van der Waals surface area contributed by atoms with Crippen LogP contribution in [-0.2, 0) is 14.9 Å². The lowest BCUT2D eigenvalue weighted by atomic mass is 9.69. The molecule has 2 saturated heterocycles. The molecule has 2 fully saturated rings. The SMILES string of the molecule is CC(C)(C)OC(=O)N1CCC(N2CC[C@](CCCO)(c3ccccc3)CC2=O)C1. The molecule has 0 spiro atoms. The summed E-state index contributed by atoms with van der Waals surface area (Å²) in [6, 6.07) is 10.3. The molecule has 1 N–H and O–H groups in total. The van der Waals surface area contributed by atoms with Gasteiger partial charge in [-0.25, -0.2) is 4.79 Å². The highest BCUT2D eigenvalue weighted by Gasteiger charge is 2.43. The fourth-order valence-corrected chi connectivity index (χ4v) is 4.63. The quantitative estimate of drug-likeness (QED) is 0.820. The summed E-state index contributed by atoms with van der Waals surface area (Å²) in [6.45, 7) is 7.58. The molecule has 2 amide bonds. The largest absolute Gasteiger partial charge is 0.444 e. The summed E-state index contributed by atoms with van der Waals surface area (Å²) in [5, 5.41) is 9.37. The lowest BCUT2D eigenvalue weighted by Crippen LogP contribution is -2.51. The van der Waals surface area contributed by atoms with Gasteiger partial charge in [-0.3, -0.25) is 4.79 Å². The number of aliphatic hydroxyl groups excluding tert-OH is 1. The van der Waals surface area contributed by atoms with Gasteiger partial charge in [0.1, 0.15) is 5.60 Å². The van der Waals surface area contributed by atoms with E-state index in [-0.39, 0.29) is 30.1 Å². The van der Waals surface area contributed by atoms with Gasteiger partial charge in [-0.05, 0) is 52.0 Å². The van der Waals surface area contributed by atoms with Crippen LogP contribution in [0.4, 0.5) is 4.79 Å². The molecule has 0 saturated carbocycles. The van der Waals surface area contributed by atoms with Crippen LogP contribution in [0.15, 0.2) is 30.3 Å². The number of carbonyl (C=O) groups excluding carboxylic acids is 2. The molecule has 6 heteroatoms. The van der Waals surface area contributed by atoms with Crippen molar-refractivity contribution >= 4 is 12.0 Å². The Morgan fingerprint density at radius 1 is 1.24 bits per heavy atom. The number of hydrogen-bond donors (Lipinski definition) is 1. The molecule has 160 valence electrons. The Morgan fingerprint density at radius 2 is 1.97 bits per heavy atom. The van der Waals surface area contributed by atoms with Crippen LogP contribution in [0.5, 0.6) is 0 Å². The lowest BCUT2D eigenvalue weighted by molar-refractivity contribution is -0.138. The normalized spacial score (nSPS) is 25.4. The number of likely N-dealkylation sites (tertiary alicyclic amines) is 2. The van der Waals surface area contributed by atoms with Crippen molar-refractivity contribution in [3.8, 4) is 0 Å². The molecule has 1 aromatic rings. The predicted molar refractivity (Wildman–Crippen MR) is 112 cm³/mol. The summed E-state index contributed by atoms with van der Waals surface area (Å²) in [5.74, 6) is 0.147. The number of nitrogens with zero attached hydrogens (tertiary/aromatic N) is 2. The third-order valence-electron chi connectivity index (χ3n) is 6.10. The molecule has 1 aromatic carbocycles. The minimum atomic E-state index is -0.516. The van der Waals surface area contributed by atoms with E-state index < -0.39 is 5.60 Å². The summed E-state index contributed by atoms with van der Waals surface area (Å²) in [5.41, 5.74) is 0.460. The van der Waals surface area contributed by atoms with Crippen molar-refractivity contribution in [2.24, 2.45) is 0 Å². The minimum Gasteiger partial charge on any atom is -0.444 e. The molecule has 6 nitrogen and oxygen atoms in total. The van der Waals surface area contributed by atoms with E-state index in [1.54, 1.807) is 4.90 Å². The Bertz CT molecular complexity index is 715. The van der Waals surface area contributed by atoms with Crippen LogP contribution in [0.3, 0.4) is 0 Å². The van der Waals surface area contributed by atoms with Crippen molar-refractivity contribution in [1.82, 2.24) is 9.80 Å². The molecular weight excluding hydrogens is 368 g/mol. The maximum absolute atomic E-state index is 13.2. The van der Waals surface area contributed by atoms with E-state index in [0.29, 0.717) is 32.5 Å². The van der Waals surface area contributed by atoms with E-state index in [9.17, 15) is 14.7 Å². The number of rotatable bonds is 5. The molecule has 2 atom stereocenters. The minimum absolute atomic E-state index is 0.0571. The number of amides is 2. The Kier molecular flexibility index (Phi) is 6.52. The van der Waals surface area contributed by atoms with Crippen LogP contribution in [0, 0.1) is 0 Å². The zero-order valence-corrected chi connectivity index (χ0v) is 17.9. The fraction of sp³-hybridized carbons (Fsp3) is 0.652. The van der Waals surface area contributed by atoms with Crippen LogP contribution in [-0.4, -0.2) is 64.8 Å². The average Bonchev–Trinajstić information content (AvgIpc) is 3.16. The van der Waals surface area contributed by atoms with Crippen LogP contribution in [0.25, 0.3) is 0 Å². The van der Waals surface area contributed by atoms with Gasteiger partial charge in [-0.1, -0.05) is 30.3 Å². The molecule has 0 aromatic heterocycles. The second-order valence-corrected chi connectivity index (χ2v) is 9.36. The monoisotopic (exact) mass is 402 g/mol. The first-order valence-corrected chi connectivity index (χ1v) is 10.7. The molecule has 0 bridgehead atoms. The Labute approximate surface area is 173 Å². The Balaban J connectivity index is 1.66. The smallest absolute Gasteiger partial charge is 0.410 e. The zero-order valence-electron chi connectivity index (χ0n) is 17.9. The van der Waals surface area contributed by atoms with E-state index in [4.69, 9.17) is 4.74 Å². The maximum Gasteiger partial charge on any atom is 0.410 e. The first-order chi connectivity index (χ1) is 13.7. The molecule has 2 aliphatic rings. The number of piperidine rings is 1. The Hall–Kier alpha value is -2.08. The summed E-state index contributed by atoms with van der Waals surface area (Å²) >= 11 is 0. The summed E-state index contributed by atoms with van der Waals surface area (Å²) < 4.78 is 5.48. The zero-order chi connectivity index (χ0) is 21.1.